The summed E-state index contributed by atoms with van der Waals surface area (Å²) < 4.78 is 19.1. The Kier molecular flexibility index (Phi) is 2.91. The van der Waals surface area contributed by atoms with Crippen LogP contribution in [0.4, 0.5) is 4.39 Å². The van der Waals surface area contributed by atoms with Crippen molar-refractivity contribution in [3.63, 3.8) is 0 Å². The molecule has 0 aliphatic carbocycles. The number of ether oxygens (including phenoxy) is 1. The fourth-order valence-electron chi connectivity index (χ4n) is 1.36. The average Bonchev–Trinajstić information content (AvgIpc) is 2.33. The Morgan fingerprint density at radius 1 is 1.62 bits per heavy atom. The summed E-state index contributed by atoms with van der Waals surface area (Å²) in [6.45, 7) is -0.788. The first-order valence-corrected chi connectivity index (χ1v) is 5.27. The molecule has 0 bridgehead atoms. The summed E-state index contributed by atoms with van der Waals surface area (Å²) in [6.07, 6.45) is 1.54. The van der Waals surface area contributed by atoms with E-state index in [-0.39, 0.29) is 15.7 Å². The maximum absolute atomic E-state index is 12.6. The van der Waals surface area contributed by atoms with E-state index >= 15 is 0 Å². The van der Waals surface area contributed by atoms with Crippen molar-refractivity contribution in [1.82, 2.24) is 9.38 Å². The minimum absolute atomic E-state index is 0.0956. The first kappa shape index (κ1) is 11.1. The van der Waals surface area contributed by atoms with Crippen LogP contribution in [-0.4, -0.2) is 16.5 Å². The van der Waals surface area contributed by atoms with E-state index < -0.39 is 6.67 Å². The molecule has 84 valence electrons. The van der Waals surface area contributed by atoms with Gasteiger partial charge in [0.1, 0.15) is 22.5 Å². The highest BCUT2D eigenvalue weighted by molar-refractivity contribution is 9.10. The number of aromatic nitrogens is 2. The van der Waals surface area contributed by atoms with Crippen molar-refractivity contribution < 1.29 is 9.13 Å². The molecule has 0 saturated carbocycles. The average molecular weight is 287 g/mol. The zero-order valence-corrected chi connectivity index (χ0v) is 9.99. The molecule has 0 atom stereocenters. The van der Waals surface area contributed by atoms with Crippen molar-refractivity contribution >= 4 is 21.6 Å². The molecule has 0 aromatic carbocycles. The van der Waals surface area contributed by atoms with Gasteiger partial charge in [-0.2, -0.15) is 0 Å². The minimum Gasteiger partial charge on any atom is -0.497 e. The van der Waals surface area contributed by atoms with Gasteiger partial charge >= 0.3 is 0 Å². The normalized spacial score (nSPS) is 10.7. The van der Waals surface area contributed by atoms with Gasteiger partial charge in [-0.05, 0) is 22.0 Å². The van der Waals surface area contributed by atoms with Gasteiger partial charge in [-0.3, -0.25) is 9.20 Å². The van der Waals surface area contributed by atoms with E-state index in [2.05, 4.69) is 20.9 Å². The van der Waals surface area contributed by atoms with E-state index in [1.165, 1.54) is 17.7 Å². The Morgan fingerprint density at radius 2 is 2.38 bits per heavy atom. The van der Waals surface area contributed by atoms with Gasteiger partial charge in [0, 0.05) is 12.3 Å². The lowest BCUT2D eigenvalue weighted by molar-refractivity contribution is 0.414. The molecule has 6 heteroatoms. The molecule has 0 N–H and O–H groups in total. The van der Waals surface area contributed by atoms with Crippen LogP contribution in [0.1, 0.15) is 5.69 Å². The molecular weight excluding hydrogens is 279 g/mol. The predicted molar refractivity (Wildman–Crippen MR) is 60.5 cm³/mol. The van der Waals surface area contributed by atoms with Crippen LogP contribution < -0.4 is 10.3 Å². The third kappa shape index (κ3) is 1.69. The molecule has 0 aliphatic heterocycles. The Hall–Kier alpha value is -1.43. The molecule has 0 amide bonds. The molecule has 0 fully saturated rings. The number of hydrogen-bond donors (Lipinski definition) is 0. The highest BCUT2D eigenvalue weighted by Gasteiger charge is 2.10. The molecule has 0 saturated heterocycles. The van der Waals surface area contributed by atoms with Gasteiger partial charge in [-0.25, -0.2) is 9.37 Å². The first-order chi connectivity index (χ1) is 7.67. The molecular formula is C10H8BrFN2O2. The summed E-state index contributed by atoms with van der Waals surface area (Å²) in [5.74, 6) is 0.569. The largest absolute Gasteiger partial charge is 0.497 e. The van der Waals surface area contributed by atoms with Crippen molar-refractivity contribution in [2.75, 3.05) is 7.11 Å². The van der Waals surface area contributed by atoms with Crippen molar-refractivity contribution in [3.8, 4) is 5.75 Å². The topological polar surface area (TPSA) is 43.6 Å². The Labute approximate surface area is 98.8 Å². The summed E-state index contributed by atoms with van der Waals surface area (Å²) in [7, 11) is 1.51. The fraction of sp³-hybridized carbons (Fsp3) is 0.200. The van der Waals surface area contributed by atoms with Crippen molar-refractivity contribution in [3.05, 3.63) is 38.9 Å². The van der Waals surface area contributed by atoms with Crippen molar-refractivity contribution in [1.29, 1.82) is 0 Å². The van der Waals surface area contributed by atoms with Gasteiger partial charge in [0.2, 0.25) is 0 Å². The maximum Gasteiger partial charge on any atom is 0.272 e. The number of halogens is 2. The molecule has 2 heterocycles. The summed E-state index contributed by atoms with van der Waals surface area (Å²) in [5.41, 5.74) is 0.124. The summed E-state index contributed by atoms with van der Waals surface area (Å²) >= 11 is 3.03. The van der Waals surface area contributed by atoms with E-state index in [0.717, 1.165) is 0 Å². The molecule has 2 aromatic heterocycles. The lowest BCUT2D eigenvalue weighted by Gasteiger charge is -2.05. The van der Waals surface area contributed by atoms with Crippen LogP contribution >= 0.6 is 15.9 Å². The van der Waals surface area contributed by atoms with Gasteiger partial charge in [-0.15, -0.1) is 0 Å². The Bertz CT molecular complexity index is 597. The van der Waals surface area contributed by atoms with Gasteiger partial charge in [0.05, 0.1) is 12.8 Å². The van der Waals surface area contributed by atoms with E-state index in [1.54, 1.807) is 12.1 Å². The molecule has 0 aliphatic rings. The highest BCUT2D eigenvalue weighted by Crippen LogP contribution is 2.15. The maximum atomic E-state index is 12.6. The zero-order valence-electron chi connectivity index (χ0n) is 8.41. The minimum atomic E-state index is -0.788. The number of alkyl halides is 1. The quantitative estimate of drug-likeness (QED) is 0.847. The van der Waals surface area contributed by atoms with Gasteiger partial charge in [0.15, 0.2) is 0 Å². The third-order valence-corrected chi connectivity index (χ3v) is 2.97. The lowest BCUT2D eigenvalue weighted by atomic mass is 10.4. The fourth-order valence-corrected chi connectivity index (χ4v) is 1.74. The third-order valence-electron chi connectivity index (χ3n) is 2.18. The van der Waals surface area contributed by atoms with Crippen LogP contribution in [0.25, 0.3) is 5.65 Å². The molecule has 0 radical (unpaired) electrons. The lowest BCUT2D eigenvalue weighted by Crippen LogP contribution is -2.17. The second-order valence-corrected chi connectivity index (χ2v) is 3.90. The Balaban J connectivity index is 2.82. The Morgan fingerprint density at radius 3 is 3.00 bits per heavy atom. The van der Waals surface area contributed by atoms with Crippen molar-refractivity contribution in [2.45, 2.75) is 6.67 Å². The van der Waals surface area contributed by atoms with Gasteiger partial charge in [-0.1, -0.05) is 0 Å². The predicted octanol–water partition coefficient (Wildman–Crippen LogP) is 1.94. The van der Waals surface area contributed by atoms with Crippen LogP contribution in [-0.2, 0) is 6.67 Å². The SMILES string of the molecule is COc1ccn2c(=O)c(Br)c(CF)nc2c1. The zero-order chi connectivity index (χ0) is 11.7. The van der Waals surface area contributed by atoms with E-state index in [0.29, 0.717) is 11.4 Å². The number of pyridine rings is 1. The number of fused-ring (bicyclic) bond motifs is 1. The second-order valence-electron chi connectivity index (χ2n) is 3.11. The summed E-state index contributed by atoms with van der Waals surface area (Å²) in [5, 5.41) is 0. The molecule has 0 unspecified atom stereocenters. The van der Waals surface area contributed by atoms with Crippen LogP contribution in [0.3, 0.4) is 0 Å². The van der Waals surface area contributed by atoms with E-state index in [1.807, 2.05) is 0 Å². The smallest absolute Gasteiger partial charge is 0.272 e. The number of rotatable bonds is 2. The van der Waals surface area contributed by atoms with Crippen molar-refractivity contribution in [2.24, 2.45) is 0 Å². The molecule has 2 aromatic rings. The highest BCUT2D eigenvalue weighted by atomic mass is 79.9. The standard InChI is InChI=1S/C10H8BrFN2O2/c1-16-6-2-3-14-8(4-6)13-7(5-12)9(11)10(14)15/h2-4H,5H2,1H3. The molecule has 4 nitrogen and oxygen atoms in total. The van der Waals surface area contributed by atoms with E-state index in [9.17, 15) is 9.18 Å². The summed E-state index contributed by atoms with van der Waals surface area (Å²) in [4.78, 5) is 15.8. The first-order valence-electron chi connectivity index (χ1n) is 4.48. The van der Waals surface area contributed by atoms with E-state index in [4.69, 9.17) is 4.74 Å². The van der Waals surface area contributed by atoms with Gasteiger partial charge in [0.25, 0.3) is 5.56 Å². The molecule has 0 spiro atoms. The number of hydrogen-bond acceptors (Lipinski definition) is 3. The number of methoxy groups -OCH3 is 1. The van der Waals surface area contributed by atoms with Gasteiger partial charge < -0.3 is 4.74 Å². The monoisotopic (exact) mass is 286 g/mol. The van der Waals surface area contributed by atoms with Crippen LogP contribution in [0.15, 0.2) is 27.6 Å². The van der Waals surface area contributed by atoms with Crippen LogP contribution in [0.5, 0.6) is 5.75 Å². The second kappa shape index (κ2) is 4.21. The van der Waals surface area contributed by atoms with Crippen LogP contribution in [0.2, 0.25) is 0 Å². The molecule has 2 rings (SSSR count). The van der Waals surface area contributed by atoms with Crippen LogP contribution in [0, 0.1) is 0 Å². The summed E-state index contributed by atoms with van der Waals surface area (Å²) in [6, 6.07) is 3.21. The number of nitrogens with zero attached hydrogens (tertiary/aromatic N) is 2. The molecule has 16 heavy (non-hydrogen) atoms.